The van der Waals surface area contributed by atoms with Crippen molar-refractivity contribution in [3.63, 3.8) is 0 Å². The fraction of sp³-hybridized carbons (Fsp3) is 0.410. The summed E-state index contributed by atoms with van der Waals surface area (Å²) in [6.45, 7) is 4.74. The largest absolute Gasteiger partial charge is 0.481 e. The Morgan fingerprint density at radius 3 is 2.39 bits per heavy atom. The topological polar surface area (TPSA) is 131 Å². The molecule has 5 heterocycles. The van der Waals surface area contributed by atoms with Gasteiger partial charge in [0.2, 0.25) is 23.6 Å². The van der Waals surface area contributed by atoms with Crippen molar-refractivity contribution in [2.24, 2.45) is 0 Å². The number of hydrogen-bond acceptors (Lipinski definition) is 9. The Balaban J connectivity index is 1.04. The Hall–Kier alpha value is -4.94. The van der Waals surface area contributed by atoms with E-state index >= 15 is 4.39 Å². The lowest BCUT2D eigenvalue weighted by atomic mass is 9.88. The first kappa shape index (κ1) is 33.2. The number of aromatic nitrogens is 3. The second-order valence-electron chi connectivity index (χ2n) is 14.2. The van der Waals surface area contributed by atoms with Crippen LogP contribution < -0.4 is 25.4 Å². The summed E-state index contributed by atoms with van der Waals surface area (Å²) < 4.78 is 28.0. The van der Waals surface area contributed by atoms with Crippen LogP contribution in [0.4, 0.5) is 4.39 Å². The second-order valence-corrected chi connectivity index (χ2v) is 14.2. The standard InChI is InChI=1S/C39H42FN7O4/c1-22-25(6-4-7-26(22)30-16-23-10-12-29(35(23)38(44-30)51-3)41-17-24-11-13-33(48)43-24)27-8-5-9-28(36(27)40)31-18-42-32(37(45-31)50-2)19-47-20-39(21-47)15-14-34(49)46-39/h4-9,16,18,24,29,41H,10-15,17,19-21H2,1-3H3,(H,43,48)(H,46,49)/t24-,29-/m0/s1. The number of halogens is 1. The number of hydrogen-bond donors (Lipinski definition) is 3. The third-order valence-corrected chi connectivity index (χ3v) is 10.9. The van der Waals surface area contributed by atoms with Gasteiger partial charge in [0.15, 0.2) is 0 Å². The lowest BCUT2D eigenvalue weighted by molar-refractivity contribution is -0.121. The fourth-order valence-corrected chi connectivity index (χ4v) is 8.30. The van der Waals surface area contributed by atoms with E-state index in [4.69, 9.17) is 14.5 Å². The molecule has 0 bridgehead atoms. The Kier molecular flexibility index (Phi) is 8.67. The molecule has 8 rings (SSSR count). The highest BCUT2D eigenvalue weighted by atomic mass is 19.1. The number of benzene rings is 2. The van der Waals surface area contributed by atoms with Crippen molar-refractivity contribution in [2.75, 3.05) is 33.9 Å². The van der Waals surface area contributed by atoms with Crippen LogP contribution in [0, 0.1) is 12.7 Å². The number of likely N-dealkylation sites (tertiary alicyclic amines) is 1. The number of aryl methyl sites for hydroxylation is 1. The van der Waals surface area contributed by atoms with E-state index in [-0.39, 0.29) is 29.4 Å². The summed E-state index contributed by atoms with van der Waals surface area (Å²) in [7, 11) is 3.19. The van der Waals surface area contributed by atoms with Gasteiger partial charge in [-0.05, 0) is 61.4 Å². The molecule has 4 aromatic rings. The smallest absolute Gasteiger partial charge is 0.237 e. The molecule has 1 aliphatic carbocycles. The van der Waals surface area contributed by atoms with Gasteiger partial charge in [-0.1, -0.05) is 30.3 Å². The van der Waals surface area contributed by atoms with Crippen LogP contribution in [0.3, 0.4) is 0 Å². The van der Waals surface area contributed by atoms with E-state index in [0.717, 1.165) is 66.7 Å². The molecule has 3 aliphatic heterocycles. The summed E-state index contributed by atoms with van der Waals surface area (Å²) in [6.07, 6.45) is 6.24. The van der Waals surface area contributed by atoms with Crippen LogP contribution in [0.1, 0.15) is 60.5 Å². The SMILES string of the molecule is COc1nc(-c2cccc(-c3cccc(-c4cc5c(c(OC)n4)[C@@H](NC[C@@H]4CCC(=O)N4)CC5)c3C)c2F)cnc1CN1CC2(CCC(=O)N2)C1. The summed E-state index contributed by atoms with van der Waals surface area (Å²) in [6, 6.07) is 13.6. The van der Waals surface area contributed by atoms with Gasteiger partial charge in [0.1, 0.15) is 11.5 Å². The monoisotopic (exact) mass is 691 g/mol. The van der Waals surface area contributed by atoms with Crippen molar-refractivity contribution in [3.8, 4) is 45.4 Å². The van der Waals surface area contributed by atoms with Crippen molar-refractivity contribution < 1.29 is 23.5 Å². The summed E-state index contributed by atoms with van der Waals surface area (Å²) in [4.78, 5) is 39.9. The van der Waals surface area contributed by atoms with Gasteiger partial charge in [0.25, 0.3) is 0 Å². The minimum atomic E-state index is -0.393. The van der Waals surface area contributed by atoms with Crippen LogP contribution >= 0.6 is 0 Å². The molecule has 12 heteroatoms. The van der Waals surface area contributed by atoms with Gasteiger partial charge in [-0.2, -0.15) is 0 Å². The van der Waals surface area contributed by atoms with Crippen molar-refractivity contribution >= 4 is 11.8 Å². The number of nitrogens with one attached hydrogen (secondary N) is 3. The maximum atomic E-state index is 16.5. The van der Waals surface area contributed by atoms with E-state index in [9.17, 15) is 9.59 Å². The van der Waals surface area contributed by atoms with Crippen LogP contribution in [0.15, 0.2) is 48.7 Å². The third kappa shape index (κ3) is 6.20. The fourth-order valence-electron chi connectivity index (χ4n) is 8.30. The molecule has 264 valence electrons. The average Bonchev–Trinajstić information content (AvgIpc) is 3.85. The van der Waals surface area contributed by atoms with Gasteiger partial charge < -0.3 is 25.4 Å². The van der Waals surface area contributed by atoms with Crippen LogP contribution in [-0.2, 0) is 22.6 Å². The predicted molar refractivity (Wildman–Crippen MR) is 190 cm³/mol. The lowest BCUT2D eigenvalue weighted by Gasteiger charge is -2.47. The predicted octanol–water partition coefficient (Wildman–Crippen LogP) is 4.66. The lowest BCUT2D eigenvalue weighted by Crippen LogP contribution is -2.66. The maximum absolute atomic E-state index is 16.5. The molecule has 2 atom stereocenters. The van der Waals surface area contributed by atoms with Gasteiger partial charge in [-0.25, -0.2) is 14.4 Å². The van der Waals surface area contributed by atoms with E-state index < -0.39 is 5.82 Å². The van der Waals surface area contributed by atoms with E-state index in [1.165, 1.54) is 5.56 Å². The maximum Gasteiger partial charge on any atom is 0.237 e. The molecule has 0 saturated carbocycles. The summed E-state index contributed by atoms with van der Waals surface area (Å²) in [5.41, 5.74) is 7.30. The first-order chi connectivity index (χ1) is 24.7. The number of ether oxygens (including phenoxy) is 2. The van der Waals surface area contributed by atoms with E-state index in [1.807, 2.05) is 31.2 Å². The summed E-state index contributed by atoms with van der Waals surface area (Å²) in [5.74, 6) is 0.764. The molecule has 51 heavy (non-hydrogen) atoms. The number of rotatable bonds is 10. The molecule has 1 spiro atoms. The number of nitrogens with zero attached hydrogens (tertiary/aromatic N) is 4. The molecule has 2 aromatic heterocycles. The molecule has 4 aliphatic rings. The molecule has 3 N–H and O–H groups in total. The Bertz CT molecular complexity index is 2030. The second kappa shape index (κ2) is 13.3. The molecule has 0 radical (unpaired) electrons. The zero-order chi connectivity index (χ0) is 35.3. The normalized spacial score (nSPS) is 20.6. The zero-order valence-electron chi connectivity index (χ0n) is 29.1. The Labute approximate surface area is 296 Å². The minimum absolute atomic E-state index is 0.0954. The van der Waals surface area contributed by atoms with E-state index in [1.54, 1.807) is 32.5 Å². The summed E-state index contributed by atoms with van der Waals surface area (Å²) >= 11 is 0. The molecule has 3 saturated heterocycles. The Morgan fingerprint density at radius 2 is 1.67 bits per heavy atom. The van der Waals surface area contributed by atoms with Crippen molar-refractivity contribution in [1.82, 2.24) is 35.8 Å². The van der Waals surface area contributed by atoms with E-state index in [0.29, 0.717) is 60.2 Å². The highest BCUT2D eigenvalue weighted by Crippen LogP contribution is 2.42. The van der Waals surface area contributed by atoms with Gasteiger partial charge in [0, 0.05) is 73.4 Å². The number of amides is 2. The first-order valence-electron chi connectivity index (χ1n) is 17.7. The molecule has 3 fully saturated rings. The van der Waals surface area contributed by atoms with Gasteiger partial charge in [-0.3, -0.25) is 19.5 Å². The zero-order valence-corrected chi connectivity index (χ0v) is 29.1. The van der Waals surface area contributed by atoms with Crippen LogP contribution in [0.5, 0.6) is 11.8 Å². The first-order valence-corrected chi connectivity index (χ1v) is 17.7. The number of pyridine rings is 1. The van der Waals surface area contributed by atoms with Gasteiger partial charge >= 0.3 is 0 Å². The Morgan fingerprint density at radius 1 is 0.922 bits per heavy atom. The van der Waals surface area contributed by atoms with Gasteiger partial charge in [-0.15, -0.1) is 0 Å². The molecule has 2 aromatic carbocycles. The van der Waals surface area contributed by atoms with Crippen molar-refractivity contribution in [2.45, 2.75) is 69.6 Å². The average molecular weight is 692 g/mol. The highest BCUT2D eigenvalue weighted by Gasteiger charge is 2.47. The van der Waals surface area contributed by atoms with Crippen LogP contribution in [-0.4, -0.2) is 77.1 Å². The quantitative estimate of drug-likeness (QED) is 0.218. The highest BCUT2D eigenvalue weighted by molar-refractivity contribution is 5.81. The van der Waals surface area contributed by atoms with Crippen LogP contribution in [0.25, 0.3) is 33.6 Å². The van der Waals surface area contributed by atoms with Crippen molar-refractivity contribution in [3.05, 3.63) is 76.9 Å². The molecule has 2 amide bonds. The minimum Gasteiger partial charge on any atom is -0.481 e. The molecule has 0 unspecified atom stereocenters. The number of carbonyl (C=O) groups is 2. The van der Waals surface area contributed by atoms with Crippen molar-refractivity contribution in [1.29, 1.82) is 0 Å². The number of fused-ring (bicyclic) bond motifs is 1. The summed E-state index contributed by atoms with van der Waals surface area (Å²) in [5, 5.41) is 9.76. The number of methoxy groups -OCH3 is 2. The molecule has 11 nitrogen and oxygen atoms in total. The molecular formula is C39H42FN7O4. The van der Waals surface area contributed by atoms with Crippen LogP contribution in [0.2, 0.25) is 0 Å². The molecular weight excluding hydrogens is 649 g/mol. The number of carbonyl (C=O) groups excluding carboxylic acids is 2. The van der Waals surface area contributed by atoms with E-state index in [2.05, 4.69) is 36.9 Å². The van der Waals surface area contributed by atoms with Gasteiger partial charge in [0.05, 0.1) is 37.3 Å². The third-order valence-electron chi connectivity index (χ3n) is 10.9.